The van der Waals surface area contributed by atoms with Gasteiger partial charge in [-0.3, -0.25) is 4.79 Å². The van der Waals surface area contributed by atoms with Crippen LogP contribution in [0.25, 0.3) is 0 Å². The summed E-state index contributed by atoms with van der Waals surface area (Å²) in [6, 6.07) is 0. The SMILES string of the molecule is CCN(CC)CC1CCN(CCC(=O)N2CCNCC2)CC1.Cl.Cl. The molecule has 2 heterocycles. The summed E-state index contributed by atoms with van der Waals surface area (Å²) >= 11 is 0. The maximum absolute atomic E-state index is 12.2. The van der Waals surface area contributed by atoms with Crippen LogP contribution < -0.4 is 5.32 Å². The highest BCUT2D eigenvalue weighted by atomic mass is 35.5. The molecule has 5 nitrogen and oxygen atoms in total. The number of piperazine rings is 1. The third-order valence-electron chi connectivity index (χ3n) is 5.23. The van der Waals surface area contributed by atoms with Gasteiger partial charge in [-0.15, -0.1) is 24.8 Å². The first kappa shape index (κ1) is 23.9. The van der Waals surface area contributed by atoms with Crippen LogP contribution in [0, 0.1) is 5.92 Å². The van der Waals surface area contributed by atoms with Crippen molar-refractivity contribution >= 4 is 30.7 Å². The van der Waals surface area contributed by atoms with Crippen LogP contribution in [-0.4, -0.2) is 86.1 Å². The highest BCUT2D eigenvalue weighted by Crippen LogP contribution is 2.18. The molecular formula is C17H36Cl2N4O. The van der Waals surface area contributed by atoms with Crippen molar-refractivity contribution < 1.29 is 4.79 Å². The van der Waals surface area contributed by atoms with Crippen molar-refractivity contribution in [1.29, 1.82) is 0 Å². The molecule has 0 aromatic carbocycles. The molecule has 2 aliphatic heterocycles. The van der Waals surface area contributed by atoms with E-state index in [0.717, 1.165) is 51.7 Å². The zero-order valence-corrected chi connectivity index (χ0v) is 17.0. The molecule has 2 fully saturated rings. The number of piperidine rings is 1. The number of halogens is 2. The average Bonchev–Trinajstić information content (AvgIpc) is 2.59. The number of hydrogen-bond acceptors (Lipinski definition) is 4. The second kappa shape index (κ2) is 13.2. The van der Waals surface area contributed by atoms with Crippen molar-refractivity contribution in [1.82, 2.24) is 20.0 Å². The van der Waals surface area contributed by atoms with E-state index >= 15 is 0 Å². The Morgan fingerprint density at radius 2 is 1.62 bits per heavy atom. The maximum atomic E-state index is 12.2. The lowest BCUT2D eigenvalue weighted by Gasteiger charge is -2.35. The largest absolute Gasteiger partial charge is 0.340 e. The lowest BCUT2D eigenvalue weighted by atomic mass is 9.96. The zero-order valence-electron chi connectivity index (χ0n) is 15.3. The minimum atomic E-state index is 0. The van der Waals surface area contributed by atoms with Crippen molar-refractivity contribution in [3.63, 3.8) is 0 Å². The quantitative estimate of drug-likeness (QED) is 0.727. The Bertz CT molecular complexity index is 329. The van der Waals surface area contributed by atoms with Crippen LogP contribution >= 0.6 is 24.8 Å². The number of nitrogens with one attached hydrogen (secondary N) is 1. The molecule has 0 bridgehead atoms. The Morgan fingerprint density at radius 1 is 1.04 bits per heavy atom. The van der Waals surface area contributed by atoms with E-state index in [-0.39, 0.29) is 24.8 Å². The lowest BCUT2D eigenvalue weighted by Crippen LogP contribution is -2.47. The Balaban J connectivity index is 0.00000264. The molecule has 0 radical (unpaired) electrons. The fraction of sp³-hybridized carbons (Fsp3) is 0.941. The highest BCUT2D eigenvalue weighted by Gasteiger charge is 2.22. The Hall–Kier alpha value is -0.0700. The maximum Gasteiger partial charge on any atom is 0.223 e. The van der Waals surface area contributed by atoms with E-state index in [4.69, 9.17) is 0 Å². The summed E-state index contributed by atoms with van der Waals surface area (Å²) in [5.74, 6) is 1.19. The fourth-order valence-corrected chi connectivity index (χ4v) is 3.57. The first-order valence-corrected chi connectivity index (χ1v) is 9.16. The zero-order chi connectivity index (χ0) is 15.8. The summed E-state index contributed by atoms with van der Waals surface area (Å²) in [6.45, 7) is 15.0. The first-order chi connectivity index (χ1) is 10.7. The van der Waals surface area contributed by atoms with Crippen molar-refractivity contribution in [2.45, 2.75) is 33.1 Å². The van der Waals surface area contributed by atoms with Gasteiger partial charge in [-0.25, -0.2) is 0 Å². The monoisotopic (exact) mass is 382 g/mol. The van der Waals surface area contributed by atoms with Gasteiger partial charge in [0.15, 0.2) is 0 Å². The molecule has 0 aromatic rings. The van der Waals surface area contributed by atoms with Gasteiger partial charge in [0, 0.05) is 45.7 Å². The average molecular weight is 383 g/mol. The molecule has 0 aliphatic carbocycles. The fourth-order valence-electron chi connectivity index (χ4n) is 3.57. The van der Waals surface area contributed by atoms with E-state index in [1.54, 1.807) is 0 Å². The van der Waals surface area contributed by atoms with Crippen LogP contribution in [-0.2, 0) is 4.79 Å². The van der Waals surface area contributed by atoms with Crippen LogP contribution in [0.1, 0.15) is 33.1 Å². The number of carbonyl (C=O) groups excluding carboxylic acids is 1. The molecular weight excluding hydrogens is 347 g/mol. The molecule has 0 spiro atoms. The summed E-state index contributed by atoms with van der Waals surface area (Å²) in [5.41, 5.74) is 0. The summed E-state index contributed by atoms with van der Waals surface area (Å²) in [6.07, 6.45) is 3.28. The molecule has 0 aromatic heterocycles. The van der Waals surface area contributed by atoms with Gasteiger partial charge in [0.2, 0.25) is 5.91 Å². The minimum Gasteiger partial charge on any atom is -0.340 e. The smallest absolute Gasteiger partial charge is 0.223 e. The van der Waals surface area contributed by atoms with E-state index in [1.165, 1.54) is 32.5 Å². The van der Waals surface area contributed by atoms with Crippen molar-refractivity contribution in [2.24, 2.45) is 5.92 Å². The molecule has 1 amide bonds. The van der Waals surface area contributed by atoms with Gasteiger partial charge in [0.1, 0.15) is 0 Å². The minimum absolute atomic E-state index is 0. The predicted octanol–water partition coefficient (Wildman–Crippen LogP) is 1.71. The Labute approximate surface area is 160 Å². The molecule has 2 aliphatic rings. The van der Waals surface area contributed by atoms with Crippen LogP contribution in [0.5, 0.6) is 0 Å². The first-order valence-electron chi connectivity index (χ1n) is 9.16. The molecule has 0 unspecified atom stereocenters. The highest BCUT2D eigenvalue weighted by molar-refractivity contribution is 5.85. The standard InChI is InChI=1S/C17H34N4O.2ClH/c1-3-19(4-2)15-16-5-10-20(11-6-16)12-7-17(22)21-13-8-18-9-14-21;;/h16,18H,3-15H2,1-2H3;2*1H. The van der Waals surface area contributed by atoms with E-state index in [1.807, 2.05) is 4.90 Å². The normalized spacial score (nSPS) is 19.7. The number of carbonyl (C=O) groups is 1. The van der Waals surface area contributed by atoms with Gasteiger partial charge < -0.3 is 20.0 Å². The van der Waals surface area contributed by atoms with Gasteiger partial charge in [-0.1, -0.05) is 13.8 Å². The lowest BCUT2D eigenvalue weighted by molar-refractivity contribution is -0.132. The van der Waals surface area contributed by atoms with E-state index in [0.29, 0.717) is 12.3 Å². The Morgan fingerprint density at radius 3 is 2.17 bits per heavy atom. The molecule has 144 valence electrons. The van der Waals surface area contributed by atoms with Gasteiger partial charge in [0.05, 0.1) is 0 Å². The summed E-state index contributed by atoms with van der Waals surface area (Å²) in [4.78, 5) is 19.2. The summed E-state index contributed by atoms with van der Waals surface area (Å²) < 4.78 is 0. The number of likely N-dealkylation sites (tertiary alicyclic amines) is 1. The molecule has 0 saturated carbocycles. The summed E-state index contributed by atoms with van der Waals surface area (Å²) in [7, 11) is 0. The van der Waals surface area contributed by atoms with Crippen LogP contribution in [0.2, 0.25) is 0 Å². The second-order valence-electron chi connectivity index (χ2n) is 6.65. The molecule has 0 atom stereocenters. The van der Waals surface area contributed by atoms with Crippen LogP contribution in [0.15, 0.2) is 0 Å². The van der Waals surface area contributed by atoms with Crippen molar-refractivity contribution in [2.75, 3.05) is 65.4 Å². The van der Waals surface area contributed by atoms with Gasteiger partial charge in [-0.2, -0.15) is 0 Å². The molecule has 2 rings (SSSR count). The van der Waals surface area contributed by atoms with Crippen LogP contribution in [0.3, 0.4) is 0 Å². The van der Waals surface area contributed by atoms with E-state index < -0.39 is 0 Å². The molecule has 1 N–H and O–H groups in total. The number of hydrogen-bond donors (Lipinski definition) is 1. The van der Waals surface area contributed by atoms with E-state index in [9.17, 15) is 4.79 Å². The topological polar surface area (TPSA) is 38.8 Å². The van der Waals surface area contributed by atoms with Crippen molar-refractivity contribution in [3.8, 4) is 0 Å². The number of nitrogens with zero attached hydrogens (tertiary/aromatic N) is 3. The molecule has 24 heavy (non-hydrogen) atoms. The van der Waals surface area contributed by atoms with Crippen LogP contribution in [0.4, 0.5) is 0 Å². The number of amides is 1. The van der Waals surface area contributed by atoms with Gasteiger partial charge in [-0.05, 0) is 44.9 Å². The van der Waals surface area contributed by atoms with E-state index in [2.05, 4.69) is 29.0 Å². The molecule has 7 heteroatoms. The molecule has 2 saturated heterocycles. The van der Waals surface area contributed by atoms with Crippen molar-refractivity contribution in [3.05, 3.63) is 0 Å². The third-order valence-corrected chi connectivity index (χ3v) is 5.23. The predicted molar refractivity (Wildman–Crippen MR) is 106 cm³/mol. The van der Waals surface area contributed by atoms with Gasteiger partial charge in [0.25, 0.3) is 0 Å². The number of rotatable bonds is 7. The third kappa shape index (κ3) is 7.87. The summed E-state index contributed by atoms with van der Waals surface area (Å²) in [5, 5.41) is 3.30. The Kier molecular flexibility index (Phi) is 13.1. The van der Waals surface area contributed by atoms with Gasteiger partial charge >= 0.3 is 0 Å². The second-order valence-corrected chi connectivity index (χ2v) is 6.65.